The Kier molecular flexibility index (Phi) is 10.5. The average molecular weight is 388 g/mol. The lowest BCUT2D eigenvalue weighted by Gasteiger charge is -2.11. The van der Waals surface area contributed by atoms with Crippen LogP contribution in [0.5, 0.6) is 0 Å². The van der Waals surface area contributed by atoms with Crippen molar-refractivity contribution in [3.05, 3.63) is 59.7 Å². The quantitative estimate of drug-likeness (QED) is 0.491. The molecule has 2 rings (SSSR count). The zero-order chi connectivity index (χ0) is 21.7. The summed E-state index contributed by atoms with van der Waals surface area (Å²) in [4.78, 5) is 35.3. The topological polar surface area (TPSA) is 191 Å². The van der Waals surface area contributed by atoms with Gasteiger partial charge in [-0.1, -0.05) is 24.3 Å². The summed E-state index contributed by atoms with van der Waals surface area (Å²) in [5.74, 6) is -0.972. The number of nitrogens with zero attached hydrogens (tertiary/aromatic N) is 2. The van der Waals surface area contributed by atoms with Crippen LogP contribution in [0.25, 0.3) is 0 Å². The van der Waals surface area contributed by atoms with Crippen LogP contribution in [-0.2, 0) is 0 Å². The number of amides is 4. The molecule has 0 heterocycles. The van der Waals surface area contributed by atoms with E-state index >= 15 is 0 Å². The smallest absolute Gasteiger partial charge is 0.337 e. The number of carbonyl (C=O) groups excluding carboxylic acids is 2. The number of aromatic carboxylic acids is 1. The number of para-hydroxylation sites is 1. The molecule has 0 aliphatic carbocycles. The molecule has 0 unspecified atom stereocenters. The van der Waals surface area contributed by atoms with E-state index < -0.39 is 18.0 Å². The molecule has 10 nitrogen and oxygen atoms in total. The van der Waals surface area contributed by atoms with Gasteiger partial charge in [-0.05, 0) is 29.8 Å². The normalized spacial score (nSPS) is 9.36. The zero-order valence-electron chi connectivity index (χ0n) is 15.6. The predicted molar refractivity (Wildman–Crippen MR) is 109 cm³/mol. The van der Waals surface area contributed by atoms with Crippen LogP contribution in [-0.4, -0.2) is 43.4 Å². The Morgan fingerprint density at radius 2 is 1.36 bits per heavy atom. The van der Waals surface area contributed by atoms with Gasteiger partial charge in [0.1, 0.15) is 0 Å². The molecular weight excluding hydrogens is 364 g/mol. The minimum Gasteiger partial charge on any atom is -0.478 e. The minimum atomic E-state index is -0.972. The van der Waals surface area contributed by atoms with Crippen LogP contribution < -0.4 is 27.8 Å². The van der Waals surface area contributed by atoms with Crippen molar-refractivity contribution in [1.82, 2.24) is 0 Å². The average Bonchev–Trinajstić information content (AvgIpc) is 2.59. The molecule has 0 aliphatic heterocycles. The first-order valence-corrected chi connectivity index (χ1v) is 7.78. The van der Waals surface area contributed by atoms with Crippen LogP contribution in [0.15, 0.2) is 53.5 Å². The number of carboxylic acids is 1. The third-order valence-corrected chi connectivity index (χ3v) is 2.90. The molecule has 28 heavy (non-hydrogen) atoms. The van der Waals surface area contributed by atoms with E-state index in [9.17, 15) is 4.79 Å². The van der Waals surface area contributed by atoms with Gasteiger partial charge in [-0.3, -0.25) is 4.99 Å². The summed E-state index contributed by atoms with van der Waals surface area (Å²) in [5, 5.41) is 9.08. The van der Waals surface area contributed by atoms with Crippen LogP contribution in [0.3, 0.4) is 0 Å². The Bertz CT molecular complexity index is 799. The maximum Gasteiger partial charge on any atom is 0.337 e. The second-order valence-electron chi connectivity index (χ2n) is 5.37. The van der Waals surface area contributed by atoms with Crippen molar-refractivity contribution in [2.75, 3.05) is 19.0 Å². The number of urea groups is 2. The molecule has 0 radical (unpaired) electrons. The first-order chi connectivity index (χ1) is 13.0. The summed E-state index contributed by atoms with van der Waals surface area (Å²) >= 11 is 0. The van der Waals surface area contributed by atoms with Gasteiger partial charge >= 0.3 is 18.0 Å². The van der Waals surface area contributed by atoms with Crippen molar-refractivity contribution >= 4 is 35.6 Å². The molecule has 0 spiro atoms. The molecule has 4 amide bonds. The molecule has 0 bridgehead atoms. The number of rotatable bonds is 4. The van der Waals surface area contributed by atoms with Gasteiger partial charge in [-0.15, -0.1) is 0 Å². The second kappa shape index (κ2) is 12.3. The zero-order valence-corrected chi connectivity index (χ0v) is 15.6. The van der Waals surface area contributed by atoms with E-state index in [2.05, 4.69) is 27.9 Å². The number of nitrogens with two attached hydrogens (primary N) is 4. The maximum absolute atomic E-state index is 11.1. The van der Waals surface area contributed by atoms with E-state index in [1.165, 1.54) is 0 Å². The first kappa shape index (κ1) is 23.9. The van der Waals surface area contributed by atoms with E-state index in [-0.39, 0.29) is 5.56 Å². The fourth-order valence-corrected chi connectivity index (χ4v) is 1.77. The standard InChI is InChI=1S/C16H16N2O2.2CH4N2O/c1-18(2)13-9-7-12(8-10-13)11-17-15-6-4-3-5-14(15)16(19)20;2*2-1(3)4/h3-11H,1-2H3,(H,19,20);2*(H4,2,3,4). The summed E-state index contributed by atoms with van der Waals surface area (Å²) in [6.45, 7) is 0. The van der Waals surface area contributed by atoms with Gasteiger partial charge in [0.15, 0.2) is 0 Å². The molecule has 9 N–H and O–H groups in total. The summed E-state index contributed by atoms with van der Waals surface area (Å²) < 4.78 is 0. The number of aliphatic imine (C=N–C) groups is 1. The third kappa shape index (κ3) is 10.7. The summed E-state index contributed by atoms with van der Waals surface area (Å²) in [7, 11) is 3.96. The molecule has 0 saturated carbocycles. The van der Waals surface area contributed by atoms with Gasteiger partial charge in [-0.25, -0.2) is 14.4 Å². The van der Waals surface area contributed by atoms with Crippen LogP contribution in [0, 0.1) is 0 Å². The van der Waals surface area contributed by atoms with Gasteiger partial charge in [0, 0.05) is 26.0 Å². The van der Waals surface area contributed by atoms with E-state index in [0.29, 0.717) is 5.69 Å². The van der Waals surface area contributed by atoms with Gasteiger partial charge in [0.2, 0.25) is 0 Å². The number of hydrogen-bond acceptors (Lipinski definition) is 5. The van der Waals surface area contributed by atoms with Crippen LogP contribution in [0.4, 0.5) is 21.0 Å². The molecule has 0 aromatic heterocycles. The van der Waals surface area contributed by atoms with Crippen molar-refractivity contribution in [3.63, 3.8) is 0 Å². The van der Waals surface area contributed by atoms with Crippen molar-refractivity contribution in [3.8, 4) is 0 Å². The number of anilines is 1. The molecular formula is C18H24N6O4. The highest BCUT2D eigenvalue weighted by molar-refractivity contribution is 5.95. The molecule has 0 aliphatic rings. The Morgan fingerprint density at radius 1 is 0.893 bits per heavy atom. The van der Waals surface area contributed by atoms with Crippen LogP contribution >= 0.6 is 0 Å². The van der Waals surface area contributed by atoms with Crippen LogP contribution in [0.2, 0.25) is 0 Å². The number of benzene rings is 2. The fourth-order valence-electron chi connectivity index (χ4n) is 1.77. The largest absolute Gasteiger partial charge is 0.478 e. The minimum absolute atomic E-state index is 0.202. The van der Waals surface area contributed by atoms with Crippen molar-refractivity contribution in [2.45, 2.75) is 0 Å². The van der Waals surface area contributed by atoms with E-state index in [1.807, 2.05) is 43.3 Å². The molecule has 10 heteroatoms. The lowest BCUT2D eigenvalue weighted by atomic mass is 10.2. The number of primary amides is 4. The van der Waals surface area contributed by atoms with Crippen LogP contribution in [0.1, 0.15) is 15.9 Å². The Morgan fingerprint density at radius 3 is 1.79 bits per heavy atom. The predicted octanol–water partition coefficient (Wildman–Crippen LogP) is 1.25. The van der Waals surface area contributed by atoms with E-state index in [4.69, 9.17) is 14.7 Å². The van der Waals surface area contributed by atoms with Crippen molar-refractivity contribution in [2.24, 2.45) is 27.9 Å². The SMILES string of the molecule is CN(C)c1ccc(C=Nc2ccccc2C(=O)O)cc1.NC(N)=O.NC(N)=O. The maximum atomic E-state index is 11.1. The molecule has 0 fully saturated rings. The molecule has 0 saturated heterocycles. The molecule has 2 aromatic rings. The molecule has 0 atom stereocenters. The molecule has 150 valence electrons. The van der Waals surface area contributed by atoms with E-state index in [0.717, 1.165) is 11.3 Å². The summed E-state index contributed by atoms with van der Waals surface area (Å²) in [6, 6.07) is 12.9. The second-order valence-corrected chi connectivity index (χ2v) is 5.37. The first-order valence-electron chi connectivity index (χ1n) is 7.78. The Hall–Kier alpha value is -4.08. The van der Waals surface area contributed by atoms with E-state index in [1.54, 1.807) is 30.5 Å². The monoisotopic (exact) mass is 388 g/mol. The highest BCUT2D eigenvalue weighted by Gasteiger charge is 2.07. The van der Waals surface area contributed by atoms with Gasteiger partial charge < -0.3 is 32.9 Å². The van der Waals surface area contributed by atoms with Gasteiger partial charge in [0.25, 0.3) is 0 Å². The lowest BCUT2D eigenvalue weighted by Crippen LogP contribution is -2.18. The lowest BCUT2D eigenvalue weighted by molar-refractivity contribution is 0.0697. The Labute approximate surface area is 162 Å². The van der Waals surface area contributed by atoms with Gasteiger partial charge in [-0.2, -0.15) is 0 Å². The highest BCUT2D eigenvalue weighted by atomic mass is 16.4. The van der Waals surface area contributed by atoms with Crippen molar-refractivity contribution in [1.29, 1.82) is 0 Å². The summed E-state index contributed by atoms with van der Waals surface area (Å²) in [6.07, 6.45) is 1.67. The Balaban J connectivity index is 0.000000776. The van der Waals surface area contributed by atoms with Crippen molar-refractivity contribution < 1.29 is 19.5 Å². The number of carboxylic acid groups (broad SMARTS) is 1. The van der Waals surface area contributed by atoms with Gasteiger partial charge in [0.05, 0.1) is 11.3 Å². The summed E-state index contributed by atoms with van der Waals surface area (Å²) in [5.41, 5.74) is 19.7. The fraction of sp³-hybridized carbons (Fsp3) is 0.111. The third-order valence-electron chi connectivity index (χ3n) is 2.90. The number of hydrogen-bond donors (Lipinski definition) is 5. The highest BCUT2D eigenvalue weighted by Crippen LogP contribution is 2.19. The number of carbonyl (C=O) groups is 3. The molecule has 2 aromatic carbocycles.